The van der Waals surface area contributed by atoms with E-state index in [0.29, 0.717) is 17.9 Å². The molecule has 4 rings (SSSR count). The number of fused-ring (bicyclic) bond motifs is 5. The summed E-state index contributed by atoms with van der Waals surface area (Å²) in [6.45, 7) is 6.88. The van der Waals surface area contributed by atoms with Crippen molar-refractivity contribution in [1.29, 1.82) is 0 Å². The Morgan fingerprint density at radius 3 is 2.67 bits per heavy atom. The molecule has 1 aliphatic heterocycles. The number of carbonyl (C=O) groups is 1. The SMILES string of the molecule is CC(C)(C)OC(=O)N1CC2C3CCCC3=CCC2C2CCCCC21. The van der Waals surface area contributed by atoms with Crippen molar-refractivity contribution in [2.45, 2.75) is 83.8 Å². The van der Waals surface area contributed by atoms with Crippen molar-refractivity contribution >= 4 is 6.09 Å². The fraction of sp³-hybridized carbons (Fsp3) is 0.857. The van der Waals surface area contributed by atoms with Crippen LogP contribution in [0.25, 0.3) is 0 Å². The molecule has 0 radical (unpaired) electrons. The van der Waals surface area contributed by atoms with E-state index < -0.39 is 5.60 Å². The Morgan fingerprint density at radius 2 is 1.88 bits per heavy atom. The first-order valence-electron chi connectivity index (χ1n) is 10.1. The third-order valence-corrected chi connectivity index (χ3v) is 6.94. The fourth-order valence-electron chi connectivity index (χ4n) is 6.07. The van der Waals surface area contributed by atoms with Gasteiger partial charge in [-0.2, -0.15) is 0 Å². The second kappa shape index (κ2) is 6.07. The molecule has 3 aliphatic carbocycles. The number of amides is 1. The molecule has 3 heteroatoms. The van der Waals surface area contributed by atoms with Gasteiger partial charge in [-0.15, -0.1) is 0 Å². The van der Waals surface area contributed by atoms with Crippen LogP contribution in [-0.4, -0.2) is 29.2 Å². The maximum atomic E-state index is 12.9. The minimum absolute atomic E-state index is 0.0630. The van der Waals surface area contributed by atoms with Gasteiger partial charge in [-0.25, -0.2) is 4.79 Å². The largest absolute Gasteiger partial charge is 0.444 e. The molecule has 0 spiro atoms. The highest BCUT2D eigenvalue weighted by molar-refractivity contribution is 5.69. The second-order valence-electron chi connectivity index (χ2n) is 9.49. The van der Waals surface area contributed by atoms with Crippen LogP contribution in [0.1, 0.15) is 72.1 Å². The summed E-state index contributed by atoms with van der Waals surface area (Å²) in [5.41, 5.74) is 1.30. The Morgan fingerprint density at radius 1 is 1.08 bits per heavy atom. The summed E-state index contributed by atoms with van der Waals surface area (Å²) < 4.78 is 5.79. The summed E-state index contributed by atoms with van der Waals surface area (Å²) >= 11 is 0. The number of hydrogen-bond donors (Lipinski definition) is 0. The molecule has 5 atom stereocenters. The second-order valence-corrected chi connectivity index (χ2v) is 9.49. The van der Waals surface area contributed by atoms with Gasteiger partial charge in [0.05, 0.1) is 0 Å². The smallest absolute Gasteiger partial charge is 0.410 e. The maximum absolute atomic E-state index is 12.9. The van der Waals surface area contributed by atoms with Crippen molar-refractivity contribution in [3.8, 4) is 0 Å². The molecule has 1 amide bonds. The normalized spacial score (nSPS) is 38.7. The minimum atomic E-state index is -0.400. The van der Waals surface area contributed by atoms with Crippen LogP contribution >= 0.6 is 0 Å². The molecule has 1 saturated heterocycles. The number of piperidine rings is 1. The molecule has 3 nitrogen and oxygen atoms in total. The van der Waals surface area contributed by atoms with E-state index in [-0.39, 0.29) is 6.09 Å². The fourth-order valence-corrected chi connectivity index (χ4v) is 6.07. The molecular formula is C21H33NO2. The molecular weight excluding hydrogens is 298 g/mol. The van der Waals surface area contributed by atoms with E-state index in [2.05, 4.69) is 11.0 Å². The summed E-state index contributed by atoms with van der Waals surface area (Å²) in [5, 5.41) is 0. The van der Waals surface area contributed by atoms with E-state index in [1.807, 2.05) is 20.8 Å². The zero-order chi connectivity index (χ0) is 16.9. The lowest BCUT2D eigenvalue weighted by molar-refractivity contribution is -0.0513. The third-order valence-electron chi connectivity index (χ3n) is 6.94. The average Bonchev–Trinajstić information content (AvgIpc) is 3.01. The first-order chi connectivity index (χ1) is 11.4. The van der Waals surface area contributed by atoms with Crippen LogP contribution in [0.15, 0.2) is 11.6 Å². The number of rotatable bonds is 0. The van der Waals surface area contributed by atoms with Gasteiger partial charge in [0.2, 0.25) is 0 Å². The summed E-state index contributed by atoms with van der Waals surface area (Å²) in [7, 11) is 0. The molecule has 5 unspecified atom stereocenters. The zero-order valence-electron chi connectivity index (χ0n) is 15.6. The number of likely N-dealkylation sites (tertiary alicyclic amines) is 1. The lowest BCUT2D eigenvalue weighted by Gasteiger charge is -2.54. The van der Waals surface area contributed by atoms with E-state index >= 15 is 0 Å². The van der Waals surface area contributed by atoms with Crippen molar-refractivity contribution in [3.05, 3.63) is 11.6 Å². The molecule has 1 heterocycles. The highest BCUT2D eigenvalue weighted by Crippen LogP contribution is 2.53. The third kappa shape index (κ3) is 2.88. The standard InChI is InChI=1S/C21H33NO2/c1-21(2,3)24-20(23)22-13-18-15-9-6-7-14(15)11-12-16(18)17-8-4-5-10-19(17)22/h11,15-19H,4-10,12-13H2,1-3H3. The number of ether oxygens (including phenoxy) is 1. The van der Waals surface area contributed by atoms with E-state index in [1.165, 1.54) is 51.4 Å². The van der Waals surface area contributed by atoms with E-state index in [1.54, 1.807) is 5.57 Å². The average molecular weight is 332 g/mol. The molecule has 0 aromatic rings. The van der Waals surface area contributed by atoms with Gasteiger partial charge in [-0.05, 0) is 83.0 Å². The minimum Gasteiger partial charge on any atom is -0.444 e. The van der Waals surface area contributed by atoms with Gasteiger partial charge in [-0.1, -0.05) is 24.5 Å². The van der Waals surface area contributed by atoms with Crippen LogP contribution in [0.5, 0.6) is 0 Å². The number of nitrogens with zero attached hydrogens (tertiary/aromatic N) is 1. The monoisotopic (exact) mass is 331 g/mol. The van der Waals surface area contributed by atoms with Gasteiger partial charge in [0, 0.05) is 12.6 Å². The highest BCUT2D eigenvalue weighted by atomic mass is 16.6. The Balaban J connectivity index is 1.60. The van der Waals surface area contributed by atoms with Gasteiger partial charge in [0.1, 0.15) is 5.60 Å². The van der Waals surface area contributed by atoms with Crippen LogP contribution in [-0.2, 0) is 4.74 Å². The van der Waals surface area contributed by atoms with Crippen LogP contribution in [0, 0.1) is 23.7 Å². The van der Waals surface area contributed by atoms with E-state index in [0.717, 1.165) is 18.4 Å². The molecule has 0 aromatic carbocycles. The van der Waals surface area contributed by atoms with E-state index in [9.17, 15) is 4.79 Å². The summed E-state index contributed by atoms with van der Waals surface area (Å²) in [6, 6.07) is 0.422. The van der Waals surface area contributed by atoms with Crippen molar-refractivity contribution in [2.75, 3.05) is 6.54 Å². The van der Waals surface area contributed by atoms with Crippen LogP contribution < -0.4 is 0 Å². The Labute approximate surface area is 146 Å². The molecule has 0 N–H and O–H groups in total. The van der Waals surface area contributed by atoms with Crippen molar-refractivity contribution < 1.29 is 9.53 Å². The summed E-state index contributed by atoms with van der Waals surface area (Å²) in [6.07, 6.45) is 12.9. The lowest BCUT2D eigenvalue weighted by Crippen LogP contribution is -2.59. The topological polar surface area (TPSA) is 29.5 Å². The molecule has 2 saturated carbocycles. The number of carbonyl (C=O) groups excluding carboxylic acids is 1. The molecule has 4 aliphatic rings. The Bertz CT molecular complexity index is 532. The molecule has 3 fully saturated rings. The first-order valence-corrected chi connectivity index (χ1v) is 10.1. The lowest BCUT2D eigenvalue weighted by atomic mass is 9.60. The predicted molar refractivity (Wildman–Crippen MR) is 95.7 cm³/mol. The van der Waals surface area contributed by atoms with Crippen LogP contribution in [0.4, 0.5) is 4.79 Å². The Hall–Kier alpha value is -0.990. The number of allylic oxidation sites excluding steroid dienone is 2. The first kappa shape index (κ1) is 16.5. The van der Waals surface area contributed by atoms with Crippen molar-refractivity contribution in [3.63, 3.8) is 0 Å². The van der Waals surface area contributed by atoms with E-state index in [4.69, 9.17) is 4.74 Å². The molecule has 0 bridgehead atoms. The van der Waals surface area contributed by atoms with Gasteiger partial charge in [0.25, 0.3) is 0 Å². The highest BCUT2D eigenvalue weighted by Gasteiger charge is 2.50. The quantitative estimate of drug-likeness (QED) is 0.574. The van der Waals surface area contributed by atoms with Gasteiger partial charge < -0.3 is 9.64 Å². The number of hydrogen-bond acceptors (Lipinski definition) is 2. The van der Waals surface area contributed by atoms with Crippen molar-refractivity contribution in [2.24, 2.45) is 23.7 Å². The Kier molecular flexibility index (Phi) is 4.17. The van der Waals surface area contributed by atoms with Gasteiger partial charge in [-0.3, -0.25) is 0 Å². The summed E-state index contributed by atoms with van der Waals surface area (Å²) in [4.78, 5) is 15.1. The van der Waals surface area contributed by atoms with Crippen molar-refractivity contribution in [1.82, 2.24) is 4.90 Å². The maximum Gasteiger partial charge on any atom is 0.410 e. The van der Waals surface area contributed by atoms with Crippen LogP contribution in [0.2, 0.25) is 0 Å². The predicted octanol–water partition coefficient (Wildman–Crippen LogP) is 5.16. The van der Waals surface area contributed by atoms with Crippen LogP contribution in [0.3, 0.4) is 0 Å². The molecule has 134 valence electrons. The van der Waals surface area contributed by atoms with Gasteiger partial charge >= 0.3 is 6.09 Å². The zero-order valence-corrected chi connectivity index (χ0v) is 15.6. The van der Waals surface area contributed by atoms with Gasteiger partial charge in [0.15, 0.2) is 0 Å². The summed E-state index contributed by atoms with van der Waals surface area (Å²) in [5.74, 6) is 2.93. The molecule has 0 aromatic heterocycles. The molecule has 24 heavy (non-hydrogen) atoms.